The van der Waals surface area contributed by atoms with Gasteiger partial charge in [0.1, 0.15) is 11.6 Å². The highest BCUT2D eigenvalue weighted by Crippen LogP contribution is 2.27. The standard InChI is InChI=1S/C14H18N4O2S/c1-21(19,20)12-2-3-13(17-10-12)18-8-4-11(5-9-18)14-15-6-7-16-14/h2-3,6-7,10-11H,4-5,8-9H2,1H3,(H,15,16). The van der Waals surface area contributed by atoms with E-state index in [1.54, 1.807) is 18.3 Å². The third-order valence-electron chi connectivity index (χ3n) is 3.87. The highest BCUT2D eigenvalue weighted by molar-refractivity contribution is 7.90. The molecule has 21 heavy (non-hydrogen) atoms. The zero-order chi connectivity index (χ0) is 14.9. The third-order valence-corrected chi connectivity index (χ3v) is 4.97. The molecule has 6 nitrogen and oxygen atoms in total. The fourth-order valence-corrected chi connectivity index (χ4v) is 3.22. The van der Waals surface area contributed by atoms with Gasteiger partial charge in [-0.2, -0.15) is 0 Å². The molecule has 0 spiro atoms. The highest BCUT2D eigenvalue weighted by atomic mass is 32.2. The first-order chi connectivity index (χ1) is 10.0. The van der Waals surface area contributed by atoms with E-state index in [0.717, 1.165) is 37.6 Å². The minimum atomic E-state index is -3.18. The zero-order valence-corrected chi connectivity index (χ0v) is 12.7. The minimum Gasteiger partial charge on any atom is -0.357 e. The number of pyridine rings is 1. The van der Waals surface area contributed by atoms with Crippen LogP contribution >= 0.6 is 0 Å². The van der Waals surface area contributed by atoms with Gasteiger partial charge in [-0.25, -0.2) is 18.4 Å². The second-order valence-corrected chi connectivity index (χ2v) is 7.38. The van der Waals surface area contributed by atoms with Crippen LogP contribution in [-0.4, -0.2) is 42.7 Å². The van der Waals surface area contributed by atoms with Crippen molar-refractivity contribution in [2.24, 2.45) is 0 Å². The van der Waals surface area contributed by atoms with E-state index in [1.165, 1.54) is 12.5 Å². The molecule has 0 saturated carbocycles. The number of nitrogens with zero attached hydrogens (tertiary/aromatic N) is 3. The number of hydrogen-bond acceptors (Lipinski definition) is 5. The second kappa shape index (κ2) is 5.48. The molecule has 0 bridgehead atoms. The number of aromatic nitrogens is 3. The molecule has 112 valence electrons. The lowest BCUT2D eigenvalue weighted by atomic mass is 9.96. The summed E-state index contributed by atoms with van der Waals surface area (Å²) in [6, 6.07) is 3.40. The number of H-pyrrole nitrogens is 1. The van der Waals surface area contributed by atoms with Crippen LogP contribution in [0.15, 0.2) is 35.6 Å². The normalized spacial score (nSPS) is 17.1. The molecule has 0 amide bonds. The van der Waals surface area contributed by atoms with Gasteiger partial charge in [0.15, 0.2) is 9.84 Å². The third kappa shape index (κ3) is 3.07. The van der Waals surface area contributed by atoms with E-state index in [1.807, 2.05) is 6.20 Å². The molecule has 0 aliphatic carbocycles. The Balaban J connectivity index is 1.67. The Labute approximate surface area is 124 Å². The summed E-state index contributed by atoms with van der Waals surface area (Å²) in [5.74, 6) is 2.35. The molecule has 1 fully saturated rings. The average molecular weight is 306 g/mol. The molecule has 1 aliphatic heterocycles. The van der Waals surface area contributed by atoms with Crippen molar-refractivity contribution < 1.29 is 8.42 Å². The fourth-order valence-electron chi connectivity index (χ4n) is 2.66. The number of hydrogen-bond donors (Lipinski definition) is 1. The predicted octanol–water partition coefficient (Wildman–Crippen LogP) is 1.59. The van der Waals surface area contributed by atoms with E-state index in [4.69, 9.17) is 0 Å². The summed E-state index contributed by atoms with van der Waals surface area (Å²) in [6.07, 6.45) is 8.30. The van der Waals surface area contributed by atoms with Crippen LogP contribution in [0, 0.1) is 0 Å². The van der Waals surface area contributed by atoms with Crippen LogP contribution in [0.2, 0.25) is 0 Å². The van der Waals surface area contributed by atoms with Gasteiger partial charge in [0.25, 0.3) is 0 Å². The highest BCUT2D eigenvalue weighted by Gasteiger charge is 2.23. The molecule has 1 N–H and O–H groups in total. The SMILES string of the molecule is CS(=O)(=O)c1ccc(N2CCC(c3ncc[nH]3)CC2)nc1. The molecule has 0 unspecified atom stereocenters. The van der Waals surface area contributed by atoms with Gasteiger partial charge < -0.3 is 9.88 Å². The van der Waals surface area contributed by atoms with Gasteiger partial charge in [0.05, 0.1) is 4.90 Å². The summed E-state index contributed by atoms with van der Waals surface area (Å²) in [6.45, 7) is 1.80. The lowest BCUT2D eigenvalue weighted by Crippen LogP contribution is -2.33. The van der Waals surface area contributed by atoms with Gasteiger partial charge in [0, 0.05) is 43.9 Å². The van der Waals surface area contributed by atoms with E-state index in [-0.39, 0.29) is 4.90 Å². The Morgan fingerprint density at radius 3 is 2.52 bits per heavy atom. The van der Waals surface area contributed by atoms with Crippen molar-refractivity contribution in [1.29, 1.82) is 0 Å². The lowest BCUT2D eigenvalue weighted by molar-refractivity contribution is 0.486. The quantitative estimate of drug-likeness (QED) is 0.931. The second-order valence-electron chi connectivity index (χ2n) is 5.36. The van der Waals surface area contributed by atoms with Gasteiger partial charge >= 0.3 is 0 Å². The Bertz CT molecular complexity index is 687. The van der Waals surface area contributed by atoms with Gasteiger partial charge in [-0.3, -0.25) is 0 Å². The molecule has 3 rings (SSSR count). The molecule has 1 aliphatic rings. The Kier molecular flexibility index (Phi) is 3.67. The van der Waals surface area contributed by atoms with Gasteiger partial charge in [-0.15, -0.1) is 0 Å². The molecule has 7 heteroatoms. The maximum Gasteiger partial charge on any atom is 0.177 e. The first kappa shape index (κ1) is 14.1. The van der Waals surface area contributed by atoms with Gasteiger partial charge in [0.2, 0.25) is 0 Å². The topological polar surface area (TPSA) is 79.0 Å². The zero-order valence-electron chi connectivity index (χ0n) is 11.9. The van der Waals surface area contributed by atoms with Crippen LogP contribution in [0.1, 0.15) is 24.6 Å². The Morgan fingerprint density at radius 1 is 1.24 bits per heavy atom. The first-order valence-electron chi connectivity index (χ1n) is 6.94. The van der Waals surface area contributed by atoms with Crippen LogP contribution < -0.4 is 4.90 Å². The largest absolute Gasteiger partial charge is 0.357 e. The smallest absolute Gasteiger partial charge is 0.177 e. The van der Waals surface area contributed by atoms with Crippen molar-refractivity contribution in [3.05, 3.63) is 36.5 Å². The molecule has 0 radical (unpaired) electrons. The molecule has 1 saturated heterocycles. The van der Waals surface area contributed by atoms with Crippen molar-refractivity contribution in [2.45, 2.75) is 23.7 Å². The Hall–Kier alpha value is -1.89. The van der Waals surface area contributed by atoms with E-state index < -0.39 is 9.84 Å². The first-order valence-corrected chi connectivity index (χ1v) is 8.83. The summed E-state index contributed by atoms with van der Waals surface area (Å²) in [5, 5.41) is 0. The maximum absolute atomic E-state index is 11.4. The van der Waals surface area contributed by atoms with Gasteiger partial charge in [-0.05, 0) is 25.0 Å². The Morgan fingerprint density at radius 2 is 2.00 bits per heavy atom. The predicted molar refractivity (Wildman–Crippen MR) is 80.1 cm³/mol. The van der Waals surface area contributed by atoms with Crippen LogP contribution in [0.5, 0.6) is 0 Å². The van der Waals surface area contributed by atoms with Crippen molar-refractivity contribution in [1.82, 2.24) is 15.0 Å². The molecule has 0 atom stereocenters. The summed E-state index contributed by atoms with van der Waals surface area (Å²) >= 11 is 0. The van der Waals surface area contributed by atoms with E-state index in [9.17, 15) is 8.42 Å². The van der Waals surface area contributed by atoms with Gasteiger partial charge in [-0.1, -0.05) is 0 Å². The number of aromatic amines is 1. The number of piperidine rings is 1. The van der Waals surface area contributed by atoms with Crippen molar-refractivity contribution in [3.8, 4) is 0 Å². The summed E-state index contributed by atoms with van der Waals surface area (Å²) in [7, 11) is -3.18. The average Bonchev–Trinajstić information content (AvgIpc) is 3.01. The minimum absolute atomic E-state index is 0.261. The number of imidazole rings is 1. The monoisotopic (exact) mass is 306 g/mol. The molecular weight excluding hydrogens is 288 g/mol. The fraction of sp³-hybridized carbons (Fsp3) is 0.429. The van der Waals surface area contributed by atoms with E-state index in [2.05, 4.69) is 19.9 Å². The lowest BCUT2D eigenvalue weighted by Gasteiger charge is -2.32. The molecular formula is C14H18N4O2S. The number of rotatable bonds is 3. The maximum atomic E-state index is 11.4. The molecule has 2 aromatic heterocycles. The van der Waals surface area contributed by atoms with Crippen molar-refractivity contribution in [3.63, 3.8) is 0 Å². The van der Waals surface area contributed by atoms with Crippen molar-refractivity contribution in [2.75, 3.05) is 24.2 Å². The number of anilines is 1. The van der Waals surface area contributed by atoms with Crippen LogP contribution in [0.25, 0.3) is 0 Å². The molecule has 2 aromatic rings. The molecule has 0 aromatic carbocycles. The number of sulfone groups is 1. The summed E-state index contributed by atoms with van der Waals surface area (Å²) < 4.78 is 22.9. The molecule has 3 heterocycles. The van der Waals surface area contributed by atoms with E-state index >= 15 is 0 Å². The van der Waals surface area contributed by atoms with Crippen molar-refractivity contribution >= 4 is 15.7 Å². The van der Waals surface area contributed by atoms with Crippen LogP contribution in [0.4, 0.5) is 5.82 Å². The summed E-state index contributed by atoms with van der Waals surface area (Å²) in [4.78, 5) is 14.2. The van der Waals surface area contributed by atoms with Crippen LogP contribution in [0.3, 0.4) is 0 Å². The van der Waals surface area contributed by atoms with Crippen LogP contribution in [-0.2, 0) is 9.84 Å². The number of nitrogens with one attached hydrogen (secondary N) is 1. The van der Waals surface area contributed by atoms with E-state index in [0.29, 0.717) is 5.92 Å². The summed E-state index contributed by atoms with van der Waals surface area (Å²) in [5.41, 5.74) is 0.